The molecule has 1 aliphatic heterocycles. The first-order valence-electron chi connectivity index (χ1n) is 9.18. The molecule has 8 nitrogen and oxygen atoms in total. The number of nitrogens with zero attached hydrogens (tertiary/aromatic N) is 4. The summed E-state index contributed by atoms with van der Waals surface area (Å²) in [5.41, 5.74) is -0.414. The van der Waals surface area contributed by atoms with Gasteiger partial charge in [-0.15, -0.1) is 12.4 Å². The highest BCUT2D eigenvalue weighted by atomic mass is 35.5. The maximum Gasteiger partial charge on any atom is 0.434 e. The number of carbonyl (C=O) groups is 1. The van der Waals surface area contributed by atoms with Crippen molar-refractivity contribution in [3.63, 3.8) is 0 Å². The number of rotatable bonds is 4. The number of alkyl halides is 3. The Balaban J connectivity index is 0.00000289. The molecule has 2 aromatic heterocycles. The molecule has 13 heteroatoms. The van der Waals surface area contributed by atoms with Crippen LogP contribution >= 0.6 is 12.4 Å². The van der Waals surface area contributed by atoms with Crippen LogP contribution in [0.1, 0.15) is 27.7 Å². The number of aromatic nitrogens is 4. The van der Waals surface area contributed by atoms with Crippen molar-refractivity contribution in [3.8, 4) is 5.82 Å². The molecule has 3 heterocycles. The highest BCUT2D eigenvalue weighted by Crippen LogP contribution is 2.27. The lowest BCUT2D eigenvalue weighted by molar-refractivity contribution is -0.141. The smallest absolute Gasteiger partial charge is 0.371 e. The van der Waals surface area contributed by atoms with E-state index in [4.69, 9.17) is 4.74 Å². The molecule has 1 aliphatic rings. The number of hydrogen-bond donors (Lipinski definition) is 2. The highest BCUT2D eigenvalue weighted by Gasteiger charge is 2.32. The van der Waals surface area contributed by atoms with E-state index in [1.807, 2.05) is 0 Å². The van der Waals surface area contributed by atoms with Crippen LogP contribution in [-0.2, 0) is 10.9 Å². The number of morpholine rings is 1. The molecule has 32 heavy (non-hydrogen) atoms. The summed E-state index contributed by atoms with van der Waals surface area (Å²) in [7, 11) is 0. The average Bonchev–Trinajstić information content (AvgIpc) is 3.24. The van der Waals surface area contributed by atoms with Gasteiger partial charge in [0.1, 0.15) is 5.82 Å². The van der Waals surface area contributed by atoms with Gasteiger partial charge in [-0.25, -0.2) is 19.0 Å². The van der Waals surface area contributed by atoms with Gasteiger partial charge in [0.05, 0.1) is 36.9 Å². The first kappa shape index (κ1) is 23.6. The van der Waals surface area contributed by atoms with Crippen molar-refractivity contribution in [2.45, 2.75) is 12.3 Å². The minimum absolute atomic E-state index is 0. The van der Waals surface area contributed by atoms with Crippen molar-refractivity contribution in [2.24, 2.45) is 0 Å². The fourth-order valence-corrected chi connectivity index (χ4v) is 2.99. The van der Waals surface area contributed by atoms with Gasteiger partial charge in [-0.1, -0.05) is 6.07 Å². The number of nitrogens with one attached hydrogen (secondary N) is 2. The predicted octanol–water partition coefficient (Wildman–Crippen LogP) is 3.16. The monoisotopic (exact) mass is 472 g/mol. The summed E-state index contributed by atoms with van der Waals surface area (Å²) in [4.78, 5) is 19.4. The molecule has 3 aromatic rings. The van der Waals surface area contributed by atoms with E-state index in [0.717, 1.165) is 10.9 Å². The SMILES string of the molecule is Cl.O=C(Nc1ccc([C@H]2CNCCO2)c(F)c1)c1cnn(-c2cnc(C(F)(F)F)cn2)c1. The van der Waals surface area contributed by atoms with Crippen molar-refractivity contribution >= 4 is 24.0 Å². The van der Waals surface area contributed by atoms with Gasteiger partial charge in [-0.05, 0) is 12.1 Å². The zero-order valence-electron chi connectivity index (χ0n) is 16.3. The van der Waals surface area contributed by atoms with Gasteiger partial charge < -0.3 is 15.4 Å². The Morgan fingerprint density at radius 3 is 2.66 bits per heavy atom. The molecular formula is C19H17ClF4N6O2. The minimum atomic E-state index is -4.61. The fraction of sp³-hybridized carbons (Fsp3) is 0.263. The number of ether oxygens (including phenoxy) is 1. The first-order valence-corrected chi connectivity index (χ1v) is 9.18. The first-order chi connectivity index (χ1) is 14.8. The molecular weight excluding hydrogens is 456 g/mol. The number of carbonyl (C=O) groups excluding carboxylic acids is 1. The summed E-state index contributed by atoms with van der Waals surface area (Å²) in [5.74, 6) is -1.08. The Bertz CT molecular complexity index is 1080. The number of amides is 1. The molecule has 0 bridgehead atoms. The molecule has 2 N–H and O–H groups in total. The predicted molar refractivity (Wildman–Crippen MR) is 107 cm³/mol. The summed E-state index contributed by atoms with van der Waals surface area (Å²) < 4.78 is 58.9. The number of benzene rings is 1. The third-order valence-electron chi connectivity index (χ3n) is 4.54. The summed E-state index contributed by atoms with van der Waals surface area (Å²) in [6, 6.07) is 4.29. The zero-order chi connectivity index (χ0) is 22.0. The van der Waals surface area contributed by atoms with E-state index in [0.29, 0.717) is 31.5 Å². The van der Waals surface area contributed by atoms with E-state index in [9.17, 15) is 22.4 Å². The molecule has 1 fully saturated rings. The quantitative estimate of drug-likeness (QED) is 0.567. The third-order valence-corrected chi connectivity index (χ3v) is 4.54. The van der Waals surface area contributed by atoms with Crippen LogP contribution in [-0.4, -0.2) is 45.4 Å². The molecule has 0 aliphatic carbocycles. The second-order valence-corrected chi connectivity index (χ2v) is 6.69. The van der Waals surface area contributed by atoms with Crippen molar-refractivity contribution in [3.05, 3.63) is 65.6 Å². The van der Waals surface area contributed by atoms with E-state index >= 15 is 0 Å². The molecule has 0 radical (unpaired) electrons. The Kier molecular flexibility index (Phi) is 7.06. The lowest BCUT2D eigenvalue weighted by Crippen LogP contribution is -2.33. The van der Waals surface area contributed by atoms with Crippen LogP contribution in [0.5, 0.6) is 0 Å². The lowest BCUT2D eigenvalue weighted by Gasteiger charge is -2.24. The van der Waals surface area contributed by atoms with Crippen molar-refractivity contribution in [1.29, 1.82) is 0 Å². The van der Waals surface area contributed by atoms with Gasteiger partial charge >= 0.3 is 6.18 Å². The van der Waals surface area contributed by atoms with E-state index in [1.54, 1.807) is 12.1 Å². The Labute approximate surface area is 185 Å². The Hall–Kier alpha value is -3.09. The van der Waals surface area contributed by atoms with Crippen LogP contribution in [0, 0.1) is 5.82 Å². The molecule has 170 valence electrons. The second kappa shape index (κ2) is 9.59. The summed E-state index contributed by atoms with van der Waals surface area (Å²) >= 11 is 0. The van der Waals surface area contributed by atoms with Crippen molar-refractivity contribution < 1.29 is 27.1 Å². The molecule has 1 aromatic carbocycles. The van der Waals surface area contributed by atoms with E-state index in [2.05, 4.69) is 25.7 Å². The number of hydrogen-bond acceptors (Lipinski definition) is 6. The van der Waals surface area contributed by atoms with Crippen LogP contribution in [0.15, 0.2) is 43.0 Å². The standard InChI is InChI=1S/C19H16F4N6O2.ClH/c20-14-5-12(1-2-13(14)15-7-24-3-4-31-15)28-18(30)11-6-27-29(10-11)17-9-25-16(8-26-17)19(21,22)23;/h1-2,5-6,8-10,15,24H,3-4,7H2,(H,28,30);1H/t15-;/m1./s1. The van der Waals surface area contributed by atoms with E-state index < -0.39 is 29.7 Å². The molecule has 0 spiro atoms. The molecule has 0 unspecified atom stereocenters. The van der Waals surface area contributed by atoms with Crippen LogP contribution < -0.4 is 10.6 Å². The number of halogens is 5. The topological polar surface area (TPSA) is 94.0 Å². The average molecular weight is 473 g/mol. The maximum atomic E-state index is 14.5. The normalized spacial score (nSPS) is 16.3. The lowest BCUT2D eigenvalue weighted by atomic mass is 10.1. The molecule has 0 saturated carbocycles. The Morgan fingerprint density at radius 2 is 2.03 bits per heavy atom. The molecule has 1 amide bonds. The second-order valence-electron chi connectivity index (χ2n) is 6.69. The zero-order valence-corrected chi connectivity index (χ0v) is 17.1. The van der Waals surface area contributed by atoms with Crippen LogP contribution in [0.25, 0.3) is 5.82 Å². The van der Waals surface area contributed by atoms with Gasteiger partial charge in [-0.3, -0.25) is 4.79 Å². The van der Waals surface area contributed by atoms with Gasteiger partial charge in [0.2, 0.25) is 0 Å². The summed E-state index contributed by atoms with van der Waals surface area (Å²) in [5, 5.41) is 9.58. The van der Waals surface area contributed by atoms with Crippen LogP contribution in [0.3, 0.4) is 0 Å². The summed E-state index contributed by atoms with van der Waals surface area (Å²) in [6.07, 6.45) is -1.05. The maximum absolute atomic E-state index is 14.5. The van der Waals surface area contributed by atoms with E-state index in [-0.39, 0.29) is 29.5 Å². The van der Waals surface area contributed by atoms with Crippen molar-refractivity contribution in [2.75, 3.05) is 25.0 Å². The van der Waals surface area contributed by atoms with Gasteiger partial charge in [0.25, 0.3) is 5.91 Å². The van der Waals surface area contributed by atoms with Crippen LogP contribution in [0.4, 0.5) is 23.2 Å². The highest BCUT2D eigenvalue weighted by molar-refractivity contribution is 6.04. The van der Waals surface area contributed by atoms with Crippen molar-refractivity contribution in [1.82, 2.24) is 25.1 Å². The van der Waals surface area contributed by atoms with E-state index in [1.165, 1.54) is 18.5 Å². The van der Waals surface area contributed by atoms with Crippen LogP contribution in [0.2, 0.25) is 0 Å². The summed E-state index contributed by atoms with van der Waals surface area (Å²) in [6.45, 7) is 1.68. The minimum Gasteiger partial charge on any atom is -0.371 e. The van der Waals surface area contributed by atoms with Gasteiger partial charge in [-0.2, -0.15) is 18.3 Å². The number of anilines is 1. The molecule has 1 saturated heterocycles. The third kappa shape index (κ3) is 5.21. The fourth-order valence-electron chi connectivity index (χ4n) is 2.99. The molecule has 1 atom stereocenters. The van der Waals surface area contributed by atoms with Gasteiger partial charge in [0, 0.05) is 30.5 Å². The molecule has 4 rings (SSSR count). The van der Waals surface area contributed by atoms with Gasteiger partial charge in [0.15, 0.2) is 11.5 Å². The largest absolute Gasteiger partial charge is 0.434 e. The Morgan fingerprint density at radius 1 is 1.22 bits per heavy atom.